The van der Waals surface area contributed by atoms with Crippen molar-refractivity contribution in [3.8, 4) is 0 Å². The van der Waals surface area contributed by atoms with Gasteiger partial charge in [-0.2, -0.15) is 0 Å². The van der Waals surface area contributed by atoms with Gasteiger partial charge in [-0.25, -0.2) is 0 Å². The highest BCUT2D eigenvalue weighted by Crippen LogP contribution is 2.13. The summed E-state index contributed by atoms with van der Waals surface area (Å²) < 4.78 is 0. The number of nitrogens with one attached hydrogen (secondary N) is 1. The van der Waals surface area contributed by atoms with Crippen molar-refractivity contribution in [2.45, 2.75) is 13.3 Å². The van der Waals surface area contributed by atoms with E-state index in [2.05, 4.69) is 41.4 Å². The largest absolute Gasteiger partial charge is 0.357 e. The molecule has 2 nitrogen and oxygen atoms in total. The zero-order chi connectivity index (χ0) is 14.2. The van der Waals surface area contributed by atoms with E-state index in [4.69, 9.17) is 12.2 Å². The molecule has 0 aliphatic carbocycles. The Bertz CT molecular complexity index is 525. The molecule has 0 atom stereocenters. The van der Waals surface area contributed by atoms with Crippen molar-refractivity contribution in [1.29, 1.82) is 0 Å². The summed E-state index contributed by atoms with van der Waals surface area (Å²) in [6.07, 6.45) is 0.854. The van der Waals surface area contributed by atoms with Crippen molar-refractivity contribution in [3.05, 3.63) is 72.8 Å². The Labute approximate surface area is 126 Å². The molecule has 2 aromatic carbocycles. The molecule has 1 radical (unpaired) electrons. The SMILES string of the molecule is CCN(C(=S)N[CH]Cc1ccccc1)c1ccccc1. The Kier molecular flexibility index (Phi) is 5.56. The third kappa shape index (κ3) is 4.07. The standard InChI is InChI=1S/C17H19N2S/c1-2-19(16-11-7-4-8-12-16)17(20)18-14-13-15-9-5-3-6-10-15/h3-12,14H,2,13H2,1H3,(H,18,20). The number of thiocarbonyl (C=S) groups is 1. The normalized spacial score (nSPS) is 10.1. The van der Waals surface area contributed by atoms with Crippen LogP contribution in [0.5, 0.6) is 0 Å². The van der Waals surface area contributed by atoms with Crippen molar-refractivity contribution in [2.24, 2.45) is 0 Å². The molecule has 0 aliphatic heterocycles. The third-order valence-corrected chi connectivity index (χ3v) is 3.37. The van der Waals surface area contributed by atoms with Crippen molar-refractivity contribution >= 4 is 23.0 Å². The second-order valence-corrected chi connectivity index (χ2v) is 4.81. The third-order valence-electron chi connectivity index (χ3n) is 3.04. The molecule has 0 aliphatic rings. The molecule has 0 aromatic heterocycles. The molecule has 0 saturated carbocycles. The first kappa shape index (κ1) is 14.5. The summed E-state index contributed by atoms with van der Waals surface area (Å²) in [5, 5.41) is 3.94. The van der Waals surface area contributed by atoms with E-state index in [-0.39, 0.29) is 0 Å². The van der Waals surface area contributed by atoms with Gasteiger partial charge in [0.2, 0.25) is 0 Å². The van der Waals surface area contributed by atoms with E-state index >= 15 is 0 Å². The number of nitrogens with zero attached hydrogens (tertiary/aromatic N) is 1. The highest BCUT2D eigenvalue weighted by Gasteiger charge is 2.08. The molecule has 2 aromatic rings. The van der Waals surface area contributed by atoms with Crippen LogP contribution < -0.4 is 10.2 Å². The molecular weight excluding hydrogens is 264 g/mol. The second kappa shape index (κ2) is 7.65. The quantitative estimate of drug-likeness (QED) is 0.840. The van der Waals surface area contributed by atoms with Gasteiger partial charge >= 0.3 is 0 Å². The average Bonchev–Trinajstić information content (AvgIpc) is 2.50. The Morgan fingerprint density at radius 2 is 1.65 bits per heavy atom. The highest BCUT2D eigenvalue weighted by molar-refractivity contribution is 7.80. The maximum absolute atomic E-state index is 5.46. The van der Waals surface area contributed by atoms with Crippen molar-refractivity contribution in [1.82, 2.24) is 5.32 Å². The fourth-order valence-electron chi connectivity index (χ4n) is 2.00. The number of benzene rings is 2. The Hall–Kier alpha value is -1.87. The Balaban J connectivity index is 1.87. The van der Waals surface area contributed by atoms with E-state index < -0.39 is 0 Å². The topological polar surface area (TPSA) is 15.3 Å². The first-order valence-corrected chi connectivity index (χ1v) is 7.20. The summed E-state index contributed by atoms with van der Waals surface area (Å²) in [4.78, 5) is 2.08. The van der Waals surface area contributed by atoms with Crippen molar-refractivity contribution in [2.75, 3.05) is 11.4 Å². The fourth-order valence-corrected chi connectivity index (χ4v) is 2.32. The van der Waals surface area contributed by atoms with Crippen LogP contribution in [0, 0.1) is 6.54 Å². The van der Waals surface area contributed by atoms with Gasteiger partial charge in [0.05, 0.1) is 6.54 Å². The Morgan fingerprint density at radius 3 is 2.25 bits per heavy atom. The van der Waals surface area contributed by atoms with Crippen LogP contribution in [0.3, 0.4) is 0 Å². The average molecular weight is 283 g/mol. The highest BCUT2D eigenvalue weighted by atomic mass is 32.1. The summed E-state index contributed by atoms with van der Waals surface area (Å²) in [5.74, 6) is 0. The van der Waals surface area contributed by atoms with Gasteiger partial charge in [0.25, 0.3) is 0 Å². The summed E-state index contributed by atoms with van der Waals surface area (Å²) in [6, 6.07) is 20.5. The van der Waals surface area contributed by atoms with E-state index in [0.29, 0.717) is 0 Å². The van der Waals surface area contributed by atoms with Crippen LogP contribution in [-0.2, 0) is 6.42 Å². The molecule has 0 unspecified atom stereocenters. The van der Waals surface area contributed by atoms with Crippen molar-refractivity contribution in [3.63, 3.8) is 0 Å². The molecule has 3 heteroatoms. The van der Waals surface area contributed by atoms with E-state index in [0.717, 1.165) is 23.8 Å². The fraction of sp³-hybridized carbons (Fsp3) is 0.176. The molecule has 2 rings (SSSR count). The summed E-state index contributed by atoms with van der Waals surface area (Å²) >= 11 is 5.46. The molecule has 103 valence electrons. The van der Waals surface area contributed by atoms with Crippen LogP contribution in [0.4, 0.5) is 5.69 Å². The monoisotopic (exact) mass is 283 g/mol. The van der Waals surface area contributed by atoms with Gasteiger partial charge in [0.1, 0.15) is 0 Å². The summed E-state index contributed by atoms with van der Waals surface area (Å²) in [7, 11) is 0. The van der Waals surface area contributed by atoms with E-state index in [9.17, 15) is 0 Å². The molecule has 0 heterocycles. The maximum Gasteiger partial charge on any atom is 0.173 e. The second-order valence-electron chi connectivity index (χ2n) is 4.42. The molecule has 1 N–H and O–H groups in total. The molecular formula is C17H19N2S. The smallest absolute Gasteiger partial charge is 0.173 e. The molecule has 20 heavy (non-hydrogen) atoms. The van der Waals surface area contributed by atoms with Crippen LogP contribution >= 0.6 is 12.2 Å². The van der Waals surface area contributed by atoms with Gasteiger partial charge in [0.15, 0.2) is 5.11 Å². The zero-order valence-corrected chi connectivity index (χ0v) is 12.4. The number of hydrogen-bond acceptors (Lipinski definition) is 1. The van der Waals surface area contributed by atoms with Crippen LogP contribution in [-0.4, -0.2) is 11.7 Å². The van der Waals surface area contributed by atoms with Gasteiger partial charge in [-0.15, -0.1) is 0 Å². The van der Waals surface area contributed by atoms with Crippen molar-refractivity contribution < 1.29 is 0 Å². The summed E-state index contributed by atoms with van der Waals surface area (Å²) in [6.45, 7) is 4.94. The van der Waals surface area contributed by atoms with Crippen LogP contribution in [0.2, 0.25) is 0 Å². The number of rotatable bonds is 5. The first-order valence-electron chi connectivity index (χ1n) is 6.80. The van der Waals surface area contributed by atoms with Gasteiger partial charge in [0, 0.05) is 12.2 Å². The van der Waals surface area contributed by atoms with E-state index in [1.165, 1.54) is 5.56 Å². The van der Waals surface area contributed by atoms with Gasteiger partial charge in [-0.05, 0) is 43.3 Å². The predicted octanol–water partition coefficient (Wildman–Crippen LogP) is 3.79. The van der Waals surface area contributed by atoms with Crippen LogP contribution in [0.25, 0.3) is 0 Å². The van der Waals surface area contributed by atoms with Gasteiger partial charge in [-0.1, -0.05) is 48.5 Å². The minimum absolute atomic E-state index is 0.731. The lowest BCUT2D eigenvalue weighted by molar-refractivity contribution is 0.958. The molecule has 0 saturated heterocycles. The predicted molar refractivity (Wildman–Crippen MR) is 89.6 cm³/mol. The molecule has 0 fully saturated rings. The Morgan fingerprint density at radius 1 is 1.05 bits per heavy atom. The minimum Gasteiger partial charge on any atom is -0.357 e. The number of hydrogen-bond donors (Lipinski definition) is 1. The van der Waals surface area contributed by atoms with Crippen LogP contribution in [0.1, 0.15) is 12.5 Å². The number of para-hydroxylation sites is 1. The molecule has 0 bridgehead atoms. The lowest BCUT2D eigenvalue weighted by Crippen LogP contribution is -2.38. The summed E-state index contributed by atoms with van der Waals surface area (Å²) in [5.41, 5.74) is 2.38. The van der Waals surface area contributed by atoms with E-state index in [1.54, 1.807) is 0 Å². The number of anilines is 1. The van der Waals surface area contributed by atoms with Gasteiger partial charge < -0.3 is 10.2 Å². The minimum atomic E-state index is 0.731. The maximum atomic E-state index is 5.46. The molecule has 0 spiro atoms. The van der Waals surface area contributed by atoms with Crippen LogP contribution in [0.15, 0.2) is 60.7 Å². The lowest BCUT2D eigenvalue weighted by atomic mass is 10.1. The first-order chi connectivity index (χ1) is 9.81. The van der Waals surface area contributed by atoms with Gasteiger partial charge in [-0.3, -0.25) is 0 Å². The lowest BCUT2D eigenvalue weighted by Gasteiger charge is -2.24. The zero-order valence-electron chi connectivity index (χ0n) is 11.6. The van der Waals surface area contributed by atoms with E-state index in [1.807, 2.05) is 42.9 Å². The molecule has 0 amide bonds.